The highest BCUT2D eigenvalue weighted by atomic mass is 15.1. The third kappa shape index (κ3) is 2.35. The minimum Gasteiger partial charge on any atom is -0.384 e. The summed E-state index contributed by atoms with van der Waals surface area (Å²) in [6.07, 6.45) is 2.68. The van der Waals surface area contributed by atoms with E-state index >= 15 is 0 Å². The number of anilines is 1. The zero-order valence-corrected chi connectivity index (χ0v) is 9.96. The van der Waals surface area contributed by atoms with Crippen molar-refractivity contribution < 1.29 is 0 Å². The predicted molar refractivity (Wildman–Crippen MR) is 68.2 cm³/mol. The number of aryl methyl sites for hydroxylation is 1. The fraction of sp³-hybridized carbons (Fsp3) is 0.462. The van der Waals surface area contributed by atoms with Gasteiger partial charge in [-0.25, -0.2) is 0 Å². The first-order valence-electron chi connectivity index (χ1n) is 5.74. The fourth-order valence-electron chi connectivity index (χ4n) is 1.97. The standard InChI is InChI=1S/C13H19N3/c1-9-3-6-11(13(14)15)12(7-9)16(2)8-10-4-5-10/h3,6-7,10H,4-5,8H2,1-2H3,(H3,14,15). The minimum atomic E-state index is 0.151. The van der Waals surface area contributed by atoms with Crippen molar-refractivity contribution in [3.8, 4) is 0 Å². The predicted octanol–water partition coefficient (Wildman–Crippen LogP) is 2.13. The van der Waals surface area contributed by atoms with Gasteiger partial charge in [-0.3, -0.25) is 5.41 Å². The Kier molecular flexibility index (Phi) is 2.86. The number of nitrogens with zero attached hydrogens (tertiary/aromatic N) is 1. The van der Waals surface area contributed by atoms with Crippen LogP contribution < -0.4 is 10.6 Å². The maximum atomic E-state index is 7.59. The number of benzene rings is 1. The second-order valence-electron chi connectivity index (χ2n) is 4.76. The van der Waals surface area contributed by atoms with Gasteiger partial charge >= 0.3 is 0 Å². The van der Waals surface area contributed by atoms with Gasteiger partial charge in [0.05, 0.1) is 0 Å². The summed E-state index contributed by atoms with van der Waals surface area (Å²) in [5, 5.41) is 7.59. The molecule has 3 nitrogen and oxygen atoms in total. The van der Waals surface area contributed by atoms with Crippen LogP contribution in [0.3, 0.4) is 0 Å². The van der Waals surface area contributed by atoms with Crippen LogP contribution >= 0.6 is 0 Å². The molecule has 3 heteroatoms. The number of amidine groups is 1. The normalized spacial score (nSPS) is 14.9. The molecule has 0 spiro atoms. The zero-order chi connectivity index (χ0) is 11.7. The Bertz CT molecular complexity index is 408. The molecule has 1 aromatic rings. The third-order valence-electron chi connectivity index (χ3n) is 3.08. The van der Waals surface area contributed by atoms with Gasteiger partial charge in [-0.15, -0.1) is 0 Å². The van der Waals surface area contributed by atoms with Crippen LogP contribution in [0, 0.1) is 18.3 Å². The van der Waals surface area contributed by atoms with Crippen molar-refractivity contribution >= 4 is 11.5 Å². The largest absolute Gasteiger partial charge is 0.384 e. The molecule has 1 saturated carbocycles. The van der Waals surface area contributed by atoms with Crippen molar-refractivity contribution in [2.75, 3.05) is 18.5 Å². The van der Waals surface area contributed by atoms with Gasteiger partial charge in [0.15, 0.2) is 0 Å². The Morgan fingerprint density at radius 3 is 2.75 bits per heavy atom. The quantitative estimate of drug-likeness (QED) is 0.599. The van der Waals surface area contributed by atoms with Crippen LogP contribution in [0.5, 0.6) is 0 Å². The molecule has 0 bridgehead atoms. The molecule has 0 aliphatic heterocycles. The Hall–Kier alpha value is -1.51. The van der Waals surface area contributed by atoms with Gasteiger partial charge in [0.1, 0.15) is 5.84 Å². The van der Waals surface area contributed by atoms with Gasteiger partial charge in [0, 0.05) is 24.8 Å². The topological polar surface area (TPSA) is 53.1 Å². The van der Waals surface area contributed by atoms with E-state index in [0.717, 1.165) is 23.7 Å². The SMILES string of the molecule is Cc1ccc(C(=N)N)c(N(C)CC2CC2)c1. The molecule has 1 aliphatic carbocycles. The number of nitrogens with two attached hydrogens (primary N) is 1. The summed E-state index contributed by atoms with van der Waals surface area (Å²) in [6, 6.07) is 6.06. The summed E-state index contributed by atoms with van der Waals surface area (Å²) in [5.74, 6) is 0.989. The van der Waals surface area contributed by atoms with Gasteiger partial charge in [-0.05, 0) is 43.4 Å². The van der Waals surface area contributed by atoms with E-state index < -0.39 is 0 Å². The van der Waals surface area contributed by atoms with Crippen LogP contribution in [0.1, 0.15) is 24.0 Å². The second kappa shape index (κ2) is 4.16. The van der Waals surface area contributed by atoms with Gasteiger partial charge in [0.2, 0.25) is 0 Å². The first-order valence-corrected chi connectivity index (χ1v) is 5.74. The van der Waals surface area contributed by atoms with E-state index in [4.69, 9.17) is 11.1 Å². The third-order valence-corrected chi connectivity index (χ3v) is 3.08. The van der Waals surface area contributed by atoms with E-state index in [-0.39, 0.29) is 5.84 Å². The number of nitrogens with one attached hydrogen (secondary N) is 1. The lowest BCUT2D eigenvalue weighted by atomic mass is 10.1. The van der Waals surface area contributed by atoms with Crippen molar-refractivity contribution in [2.45, 2.75) is 19.8 Å². The van der Waals surface area contributed by atoms with Crippen molar-refractivity contribution in [1.29, 1.82) is 5.41 Å². The Labute approximate surface area is 96.8 Å². The number of hydrogen-bond donors (Lipinski definition) is 2. The van der Waals surface area contributed by atoms with Crippen LogP contribution in [0.15, 0.2) is 18.2 Å². The average Bonchev–Trinajstić information content (AvgIpc) is 3.01. The van der Waals surface area contributed by atoms with Crippen LogP contribution in [-0.2, 0) is 0 Å². The molecule has 0 saturated heterocycles. The Balaban J connectivity index is 2.27. The molecule has 16 heavy (non-hydrogen) atoms. The van der Waals surface area contributed by atoms with Crippen molar-refractivity contribution in [1.82, 2.24) is 0 Å². The van der Waals surface area contributed by atoms with Crippen LogP contribution in [-0.4, -0.2) is 19.4 Å². The number of rotatable bonds is 4. The molecule has 0 heterocycles. The maximum absolute atomic E-state index is 7.59. The highest BCUT2D eigenvalue weighted by Crippen LogP contribution is 2.32. The lowest BCUT2D eigenvalue weighted by molar-refractivity contribution is 0.786. The number of nitrogen functional groups attached to an aromatic ring is 1. The molecule has 1 fully saturated rings. The van der Waals surface area contributed by atoms with E-state index in [1.807, 2.05) is 12.1 Å². The smallest absolute Gasteiger partial charge is 0.124 e. The summed E-state index contributed by atoms with van der Waals surface area (Å²) in [7, 11) is 2.08. The number of hydrogen-bond acceptors (Lipinski definition) is 2. The van der Waals surface area contributed by atoms with Gasteiger partial charge < -0.3 is 10.6 Å². The first-order chi connectivity index (χ1) is 7.58. The monoisotopic (exact) mass is 217 g/mol. The summed E-state index contributed by atoms with van der Waals surface area (Å²) in [6.45, 7) is 3.14. The molecule has 0 radical (unpaired) electrons. The van der Waals surface area contributed by atoms with E-state index in [1.165, 1.54) is 18.4 Å². The summed E-state index contributed by atoms with van der Waals surface area (Å²) < 4.78 is 0. The second-order valence-corrected chi connectivity index (χ2v) is 4.76. The van der Waals surface area contributed by atoms with Crippen LogP contribution in [0.25, 0.3) is 0 Å². The lowest BCUT2D eigenvalue weighted by Gasteiger charge is -2.22. The van der Waals surface area contributed by atoms with E-state index in [1.54, 1.807) is 0 Å². The summed E-state index contributed by atoms with van der Waals surface area (Å²) in [5.41, 5.74) is 8.74. The molecule has 1 aliphatic rings. The van der Waals surface area contributed by atoms with Crippen LogP contribution in [0.2, 0.25) is 0 Å². The molecule has 0 atom stereocenters. The molecular formula is C13H19N3. The Morgan fingerprint density at radius 2 is 2.19 bits per heavy atom. The molecular weight excluding hydrogens is 198 g/mol. The van der Waals surface area contributed by atoms with Crippen molar-refractivity contribution in [3.63, 3.8) is 0 Å². The van der Waals surface area contributed by atoms with Gasteiger partial charge in [-0.2, -0.15) is 0 Å². The van der Waals surface area contributed by atoms with Crippen molar-refractivity contribution in [3.05, 3.63) is 29.3 Å². The zero-order valence-electron chi connectivity index (χ0n) is 9.96. The highest BCUT2D eigenvalue weighted by Gasteiger charge is 2.24. The van der Waals surface area contributed by atoms with E-state index in [0.29, 0.717) is 0 Å². The van der Waals surface area contributed by atoms with Gasteiger partial charge in [-0.1, -0.05) is 6.07 Å². The molecule has 0 amide bonds. The minimum absolute atomic E-state index is 0.151. The molecule has 0 aromatic heterocycles. The maximum Gasteiger partial charge on any atom is 0.124 e. The molecule has 2 rings (SSSR count). The molecule has 86 valence electrons. The highest BCUT2D eigenvalue weighted by molar-refractivity contribution is 6.00. The summed E-state index contributed by atoms with van der Waals surface area (Å²) >= 11 is 0. The van der Waals surface area contributed by atoms with Crippen LogP contribution in [0.4, 0.5) is 5.69 Å². The molecule has 0 unspecified atom stereocenters. The Morgan fingerprint density at radius 1 is 1.50 bits per heavy atom. The first kappa shape index (κ1) is 11.0. The summed E-state index contributed by atoms with van der Waals surface area (Å²) in [4.78, 5) is 2.22. The lowest BCUT2D eigenvalue weighted by Crippen LogP contribution is -2.24. The molecule has 1 aromatic carbocycles. The average molecular weight is 217 g/mol. The van der Waals surface area contributed by atoms with E-state index in [2.05, 4.69) is 24.9 Å². The molecule has 3 N–H and O–H groups in total. The van der Waals surface area contributed by atoms with Gasteiger partial charge in [0.25, 0.3) is 0 Å². The fourth-order valence-corrected chi connectivity index (χ4v) is 1.97. The van der Waals surface area contributed by atoms with E-state index in [9.17, 15) is 0 Å². The van der Waals surface area contributed by atoms with Crippen molar-refractivity contribution in [2.24, 2.45) is 11.7 Å².